The van der Waals surface area contributed by atoms with Gasteiger partial charge in [-0.1, -0.05) is 0 Å². The van der Waals surface area contributed by atoms with Gasteiger partial charge in [0, 0.05) is 0 Å². The van der Waals surface area contributed by atoms with Crippen LogP contribution in [0.1, 0.15) is 0 Å². The van der Waals surface area contributed by atoms with Gasteiger partial charge in [-0.05, 0) is 0 Å². The molecule has 0 radical (unpaired) electrons. The lowest BCUT2D eigenvalue weighted by Crippen LogP contribution is -2.64. The highest BCUT2D eigenvalue weighted by Gasteiger charge is 2.59. The number of hydrogen-bond acceptors (Lipinski definition) is 16. The average molecular weight is 504 g/mol. The third kappa shape index (κ3) is 5.09. The molecule has 3 rings (SSSR count). The minimum Gasteiger partial charge on any atom is -0.394 e. The van der Waals surface area contributed by atoms with Crippen molar-refractivity contribution in [2.24, 2.45) is 0 Å². The number of aliphatic hydroxyl groups is 11. The van der Waals surface area contributed by atoms with Gasteiger partial charge >= 0.3 is 0 Å². The van der Waals surface area contributed by atoms with Crippen LogP contribution in [0.3, 0.4) is 0 Å². The molecule has 0 bridgehead atoms. The van der Waals surface area contributed by atoms with Crippen LogP contribution in [0.5, 0.6) is 0 Å². The van der Waals surface area contributed by atoms with Gasteiger partial charge in [0.15, 0.2) is 12.6 Å². The molecule has 3 aliphatic heterocycles. The second-order valence-corrected chi connectivity index (χ2v) is 8.40. The van der Waals surface area contributed by atoms with Gasteiger partial charge in [-0.25, -0.2) is 0 Å². The summed E-state index contributed by atoms with van der Waals surface area (Å²) in [6, 6.07) is 0. The van der Waals surface area contributed by atoms with Crippen LogP contribution in [0.2, 0.25) is 0 Å². The molecule has 0 aliphatic carbocycles. The lowest BCUT2D eigenvalue weighted by Gasteiger charge is -2.44. The van der Waals surface area contributed by atoms with Crippen molar-refractivity contribution in [1.82, 2.24) is 0 Å². The van der Waals surface area contributed by atoms with Gasteiger partial charge in [0.2, 0.25) is 5.79 Å². The Labute approximate surface area is 192 Å². The van der Waals surface area contributed by atoms with Crippen molar-refractivity contribution in [3.05, 3.63) is 0 Å². The number of hydrogen-bond donors (Lipinski definition) is 11. The third-order valence-electron chi connectivity index (χ3n) is 6.18. The van der Waals surface area contributed by atoms with Crippen LogP contribution in [0.15, 0.2) is 0 Å². The van der Waals surface area contributed by atoms with Crippen LogP contribution in [-0.4, -0.2) is 168 Å². The lowest BCUT2D eigenvalue weighted by atomic mass is 9.97. The monoisotopic (exact) mass is 504 g/mol. The van der Waals surface area contributed by atoms with Gasteiger partial charge in [-0.3, -0.25) is 0 Å². The molecule has 3 heterocycles. The fraction of sp³-hybridized carbons (Fsp3) is 1.00. The fourth-order valence-electron chi connectivity index (χ4n) is 4.08. The second kappa shape index (κ2) is 11.2. The van der Waals surface area contributed by atoms with Crippen LogP contribution in [0, 0.1) is 0 Å². The fourth-order valence-corrected chi connectivity index (χ4v) is 4.08. The van der Waals surface area contributed by atoms with Gasteiger partial charge in [-0.15, -0.1) is 0 Å². The molecule has 0 amide bonds. The van der Waals surface area contributed by atoms with E-state index in [2.05, 4.69) is 0 Å². The van der Waals surface area contributed by atoms with Crippen LogP contribution in [-0.2, 0) is 23.7 Å². The molecule has 0 aromatic heterocycles. The van der Waals surface area contributed by atoms with Crippen LogP contribution >= 0.6 is 0 Å². The summed E-state index contributed by atoms with van der Waals surface area (Å²) in [5.41, 5.74) is 0. The molecule has 0 saturated carbocycles. The third-order valence-corrected chi connectivity index (χ3v) is 6.18. The van der Waals surface area contributed by atoms with Gasteiger partial charge in [0.25, 0.3) is 0 Å². The zero-order chi connectivity index (χ0) is 25.4. The predicted molar refractivity (Wildman–Crippen MR) is 101 cm³/mol. The molecular formula is C18H32O16. The van der Waals surface area contributed by atoms with E-state index in [1.54, 1.807) is 0 Å². The predicted octanol–water partition coefficient (Wildman–Crippen LogP) is -7.57. The van der Waals surface area contributed by atoms with Crippen LogP contribution < -0.4 is 0 Å². The van der Waals surface area contributed by atoms with E-state index in [9.17, 15) is 56.2 Å². The Kier molecular flexibility index (Phi) is 9.18. The molecule has 16 nitrogen and oxygen atoms in total. The summed E-state index contributed by atoms with van der Waals surface area (Å²) in [6.45, 7) is -3.11. The zero-order valence-corrected chi connectivity index (χ0v) is 17.8. The second-order valence-electron chi connectivity index (χ2n) is 8.40. The van der Waals surface area contributed by atoms with Crippen molar-refractivity contribution in [3.8, 4) is 0 Å². The van der Waals surface area contributed by atoms with E-state index in [4.69, 9.17) is 23.7 Å². The van der Waals surface area contributed by atoms with Crippen molar-refractivity contribution in [1.29, 1.82) is 0 Å². The van der Waals surface area contributed by atoms with E-state index in [0.29, 0.717) is 0 Å². The van der Waals surface area contributed by atoms with Gasteiger partial charge in [0.1, 0.15) is 73.8 Å². The molecule has 14 atom stereocenters. The molecule has 11 N–H and O–H groups in total. The van der Waals surface area contributed by atoms with Crippen LogP contribution in [0.4, 0.5) is 0 Å². The summed E-state index contributed by atoms with van der Waals surface area (Å²) in [6.07, 6.45) is -21.7. The van der Waals surface area contributed by atoms with Gasteiger partial charge in [0.05, 0.1) is 19.8 Å². The van der Waals surface area contributed by atoms with E-state index in [0.717, 1.165) is 0 Å². The smallest absolute Gasteiger partial charge is 0.222 e. The van der Waals surface area contributed by atoms with E-state index in [-0.39, 0.29) is 0 Å². The normalized spacial score (nSPS) is 52.1. The minimum atomic E-state index is -2.36. The Balaban J connectivity index is 1.63. The highest BCUT2D eigenvalue weighted by Crippen LogP contribution is 2.36. The standard InChI is InChI=1S/C18H32O16/c19-1-5-8(22)11(25)13(27)17(32-5)30-3-7-9(23)12(26)14(16(29)31-7)34-18(4-21)15(28)10(24)6(2-20)33-18/h5-17,19-29H,1-4H2/t5-,6-,7-,8+,9-,10-,11+,12+,13-,14-,15+,16+,17+,18+/m1/s1. The van der Waals surface area contributed by atoms with E-state index < -0.39 is 112 Å². The highest BCUT2D eigenvalue weighted by atomic mass is 16.8. The summed E-state index contributed by atoms with van der Waals surface area (Å²) in [5.74, 6) is -2.36. The van der Waals surface area contributed by atoms with E-state index in [1.165, 1.54) is 0 Å². The molecule has 0 spiro atoms. The first kappa shape index (κ1) is 27.9. The molecule has 0 aromatic rings. The molecule has 200 valence electrons. The van der Waals surface area contributed by atoms with Crippen molar-refractivity contribution in [3.63, 3.8) is 0 Å². The van der Waals surface area contributed by atoms with Crippen molar-refractivity contribution in [2.45, 2.75) is 85.5 Å². The maximum Gasteiger partial charge on any atom is 0.222 e. The minimum absolute atomic E-state index is 0.611. The Morgan fingerprint density at radius 2 is 1.26 bits per heavy atom. The summed E-state index contributed by atoms with van der Waals surface area (Å²) >= 11 is 0. The zero-order valence-electron chi connectivity index (χ0n) is 17.8. The molecule has 34 heavy (non-hydrogen) atoms. The summed E-state index contributed by atoms with van der Waals surface area (Å²) < 4.78 is 26.1. The summed E-state index contributed by atoms with van der Waals surface area (Å²) in [7, 11) is 0. The molecule has 16 heteroatoms. The van der Waals surface area contributed by atoms with E-state index >= 15 is 0 Å². The molecule has 0 aromatic carbocycles. The SMILES string of the molecule is OC[C@H]1O[C@H](OC[C@H]2O[C@H](O)[C@H](O[C@]3(CO)O[C@H](CO)[C@@H](O)[C@@H]3O)[C@@H](O)[C@@H]2O)[C@H](O)[C@@H](O)[C@H]1O. The van der Waals surface area contributed by atoms with Crippen molar-refractivity contribution < 1.29 is 79.9 Å². The van der Waals surface area contributed by atoms with Gasteiger partial charge in [-0.2, -0.15) is 0 Å². The molecule has 0 unspecified atom stereocenters. The maximum atomic E-state index is 10.5. The number of ether oxygens (including phenoxy) is 5. The summed E-state index contributed by atoms with van der Waals surface area (Å²) in [5, 5.41) is 109. The molecule has 3 aliphatic rings. The van der Waals surface area contributed by atoms with Crippen molar-refractivity contribution in [2.75, 3.05) is 26.4 Å². The van der Waals surface area contributed by atoms with Gasteiger partial charge < -0.3 is 79.9 Å². The Morgan fingerprint density at radius 1 is 0.647 bits per heavy atom. The van der Waals surface area contributed by atoms with E-state index in [1.807, 2.05) is 0 Å². The highest BCUT2D eigenvalue weighted by molar-refractivity contribution is 4.99. The Bertz CT molecular complexity index is 653. The molecule has 3 saturated heterocycles. The largest absolute Gasteiger partial charge is 0.394 e. The lowest BCUT2D eigenvalue weighted by molar-refractivity contribution is -0.371. The first-order valence-electron chi connectivity index (χ1n) is 10.6. The maximum absolute atomic E-state index is 10.5. The number of aliphatic hydroxyl groups excluding tert-OH is 11. The average Bonchev–Trinajstić information content (AvgIpc) is 3.07. The van der Waals surface area contributed by atoms with Crippen LogP contribution in [0.25, 0.3) is 0 Å². The summed E-state index contributed by atoms with van der Waals surface area (Å²) in [4.78, 5) is 0. The van der Waals surface area contributed by atoms with Crippen molar-refractivity contribution >= 4 is 0 Å². The first-order valence-corrected chi connectivity index (χ1v) is 10.6. The quantitative estimate of drug-likeness (QED) is 0.146. The molecular weight excluding hydrogens is 472 g/mol. The molecule has 3 fully saturated rings. The topological polar surface area (TPSA) is 269 Å². The Morgan fingerprint density at radius 3 is 1.82 bits per heavy atom. The number of rotatable bonds is 8. The Hall–Kier alpha value is -0.640. The first-order chi connectivity index (χ1) is 16.0.